The van der Waals surface area contributed by atoms with E-state index >= 15 is 0 Å². The number of carbonyl (C=O) groups is 1. The molecule has 0 saturated carbocycles. The Morgan fingerprint density at radius 2 is 1.85 bits per heavy atom. The number of ether oxygens (including phenoxy) is 1. The van der Waals surface area contributed by atoms with Gasteiger partial charge in [-0.05, 0) is 30.0 Å². The summed E-state index contributed by atoms with van der Waals surface area (Å²) in [6, 6.07) is 7.64. The highest BCUT2D eigenvalue weighted by atomic mass is 16.5. The molecule has 4 nitrogen and oxygen atoms in total. The Hall–Kier alpha value is -2.59. The number of benzene rings is 1. The van der Waals surface area contributed by atoms with Crippen LogP contribution in [0.25, 0.3) is 0 Å². The van der Waals surface area contributed by atoms with Crippen molar-refractivity contribution in [3.05, 3.63) is 46.5 Å². The number of nitrogens with zero attached hydrogens (tertiary/aromatic N) is 2. The molecule has 20 heavy (non-hydrogen) atoms. The fourth-order valence-corrected chi connectivity index (χ4v) is 3.12. The van der Waals surface area contributed by atoms with Gasteiger partial charge in [-0.15, -0.1) is 0 Å². The molecule has 3 rings (SSSR count). The number of hydrogen-bond acceptors (Lipinski definition) is 4. The molecule has 0 fully saturated rings. The van der Waals surface area contributed by atoms with E-state index in [2.05, 4.69) is 24.3 Å². The Kier molecular flexibility index (Phi) is 2.80. The van der Waals surface area contributed by atoms with Crippen LogP contribution in [0.1, 0.15) is 47.6 Å². The molecule has 0 N–H and O–H groups in total. The maximum Gasteiger partial charge on any atom is 0.303 e. The van der Waals surface area contributed by atoms with Crippen LogP contribution in [0.15, 0.2) is 24.3 Å². The topological polar surface area (TPSA) is 73.9 Å². The summed E-state index contributed by atoms with van der Waals surface area (Å²) in [5.41, 5.74) is 2.63. The van der Waals surface area contributed by atoms with E-state index in [1.165, 1.54) is 6.92 Å². The standard InChI is InChI=1S/C16H12N2O2/c1-9(19)20-14-6-10-4-5-13(10)15-11(7-17)2-3-12(8-18)16(14)15/h2-5,10,13-14H,6H2,1H3/t10-,13?,14+/m0/s1. The van der Waals surface area contributed by atoms with Gasteiger partial charge in [-0.3, -0.25) is 4.79 Å². The third kappa shape index (κ3) is 1.70. The summed E-state index contributed by atoms with van der Waals surface area (Å²) in [5, 5.41) is 18.6. The minimum Gasteiger partial charge on any atom is -0.458 e. The Morgan fingerprint density at radius 3 is 2.35 bits per heavy atom. The fraction of sp³-hybridized carbons (Fsp3) is 0.312. The average molecular weight is 264 g/mol. The normalized spacial score (nSPS) is 25.4. The highest BCUT2D eigenvalue weighted by Gasteiger charge is 2.40. The van der Waals surface area contributed by atoms with Gasteiger partial charge in [-0.2, -0.15) is 10.5 Å². The van der Waals surface area contributed by atoms with Crippen LogP contribution < -0.4 is 0 Å². The Balaban J connectivity index is 2.22. The predicted octanol–water partition coefficient (Wildman–Crippen LogP) is 2.71. The highest BCUT2D eigenvalue weighted by Crippen LogP contribution is 2.51. The van der Waals surface area contributed by atoms with Gasteiger partial charge in [0.2, 0.25) is 0 Å². The number of allylic oxidation sites excluding steroid dienone is 2. The zero-order valence-corrected chi connectivity index (χ0v) is 11.0. The summed E-state index contributed by atoms with van der Waals surface area (Å²) in [6.07, 6.45) is 4.37. The van der Waals surface area contributed by atoms with Crippen molar-refractivity contribution in [2.24, 2.45) is 5.92 Å². The lowest BCUT2D eigenvalue weighted by atomic mass is 9.65. The van der Waals surface area contributed by atoms with Gasteiger partial charge in [0.05, 0.1) is 23.3 Å². The summed E-state index contributed by atoms with van der Waals surface area (Å²) in [6.45, 7) is 1.36. The van der Waals surface area contributed by atoms with E-state index in [-0.39, 0.29) is 17.8 Å². The van der Waals surface area contributed by atoms with E-state index in [9.17, 15) is 15.3 Å². The third-order valence-electron chi connectivity index (χ3n) is 4.00. The lowest BCUT2D eigenvalue weighted by molar-refractivity contribution is -0.148. The van der Waals surface area contributed by atoms with Gasteiger partial charge >= 0.3 is 5.97 Å². The fourth-order valence-electron chi connectivity index (χ4n) is 3.12. The van der Waals surface area contributed by atoms with Crippen LogP contribution in [0.3, 0.4) is 0 Å². The number of rotatable bonds is 1. The first-order valence-corrected chi connectivity index (χ1v) is 6.48. The quantitative estimate of drug-likeness (QED) is 0.577. The summed E-state index contributed by atoms with van der Waals surface area (Å²) >= 11 is 0. The van der Waals surface area contributed by atoms with Gasteiger partial charge in [0, 0.05) is 18.4 Å². The summed E-state index contributed by atoms with van der Waals surface area (Å²) < 4.78 is 5.38. The molecule has 0 aromatic heterocycles. The van der Waals surface area contributed by atoms with E-state index < -0.39 is 6.10 Å². The van der Waals surface area contributed by atoms with Crippen LogP contribution in [-0.4, -0.2) is 5.97 Å². The monoisotopic (exact) mass is 264 g/mol. The molecular formula is C16H12N2O2. The van der Waals surface area contributed by atoms with Gasteiger partial charge < -0.3 is 4.74 Å². The third-order valence-corrected chi connectivity index (χ3v) is 4.00. The molecule has 4 heteroatoms. The summed E-state index contributed by atoms with van der Waals surface area (Å²) in [4.78, 5) is 11.3. The van der Waals surface area contributed by atoms with Crippen LogP contribution in [0, 0.1) is 28.6 Å². The van der Waals surface area contributed by atoms with Gasteiger partial charge in [0.25, 0.3) is 0 Å². The van der Waals surface area contributed by atoms with Gasteiger partial charge in [0.15, 0.2) is 0 Å². The Labute approximate surface area is 116 Å². The zero-order valence-electron chi connectivity index (χ0n) is 11.0. The zero-order chi connectivity index (χ0) is 14.3. The van der Waals surface area contributed by atoms with E-state index in [1.807, 2.05) is 0 Å². The number of fused-ring (bicyclic) bond motifs is 3. The van der Waals surface area contributed by atoms with Gasteiger partial charge in [0.1, 0.15) is 6.10 Å². The number of hydrogen-bond donors (Lipinski definition) is 0. The molecule has 3 atom stereocenters. The molecule has 98 valence electrons. The molecule has 2 aliphatic rings. The lowest BCUT2D eigenvalue weighted by Crippen LogP contribution is -2.30. The molecule has 0 radical (unpaired) electrons. The molecule has 0 spiro atoms. The second-order valence-corrected chi connectivity index (χ2v) is 5.12. The average Bonchev–Trinajstić information content (AvgIpc) is 2.40. The first-order valence-electron chi connectivity index (χ1n) is 6.48. The maximum atomic E-state index is 11.3. The minimum atomic E-state index is -0.434. The molecule has 1 aromatic carbocycles. The Bertz CT molecular complexity index is 706. The highest BCUT2D eigenvalue weighted by molar-refractivity contribution is 5.67. The van der Waals surface area contributed by atoms with Crippen LogP contribution in [0.4, 0.5) is 0 Å². The van der Waals surface area contributed by atoms with Gasteiger partial charge in [-0.25, -0.2) is 0 Å². The first-order chi connectivity index (χ1) is 9.65. The lowest BCUT2D eigenvalue weighted by Gasteiger charge is -2.40. The van der Waals surface area contributed by atoms with E-state index in [4.69, 9.17) is 4.74 Å². The Morgan fingerprint density at radius 1 is 1.20 bits per heavy atom. The van der Waals surface area contributed by atoms with Crippen molar-refractivity contribution in [2.45, 2.75) is 25.4 Å². The van der Waals surface area contributed by atoms with E-state index in [0.717, 1.165) is 5.56 Å². The van der Waals surface area contributed by atoms with Gasteiger partial charge in [-0.1, -0.05) is 12.2 Å². The molecule has 0 heterocycles. The van der Waals surface area contributed by atoms with Crippen molar-refractivity contribution >= 4 is 5.97 Å². The molecular weight excluding hydrogens is 252 g/mol. The van der Waals surface area contributed by atoms with Crippen LogP contribution in [0.5, 0.6) is 0 Å². The molecule has 1 unspecified atom stereocenters. The van der Waals surface area contributed by atoms with Crippen molar-refractivity contribution in [2.75, 3.05) is 0 Å². The maximum absolute atomic E-state index is 11.3. The van der Waals surface area contributed by atoms with Crippen molar-refractivity contribution < 1.29 is 9.53 Å². The van der Waals surface area contributed by atoms with Crippen LogP contribution in [0.2, 0.25) is 0 Å². The summed E-state index contributed by atoms with van der Waals surface area (Å²) in [7, 11) is 0. The number of nitriles is 2. The predicted molar refractivity (Wildman–Crippen MR) is 70.4 cm³/mol. The number of carbonyl (C=O) groups excluding carboxylic acids is 1. The second-order valence-electron chi connectivity index (χ2n) is 5.12. The van der Waals surface area contributed by atoms with Crippen LogP contribution in [-0.2, 0) is 9.53 Å². The van der Waals surface area contributed by atoms with Crippen molar-refractivity contribution in [1.82, 2.24) is 0 Å². The van der Waals surface area contributed by atoms with E-state index in [1.54, 1.807) is 12.1 Å². The molecule has 0 bridgehead atoms. The van der Waals surface area contributed by atoms with Crippen molar-refractivity contribution in [1.29, 1.82) is 10.5 Å². The first kappa shape index (κ1) is 12.4. The second kappa shape index (κ2) is 4.51. The van der Waals surface area contributed by atoms with Crippen molar-refractivity contribution in [3.63, 3.8) is 0 Å². The summed E-state index contributed by atoms with van der Waals surface area (Å²) in [5.74, 6) is 0.0848. The number of esters is 1. The smallest absolute Gasteiger partial charge is 0.303 e. The van der Waals surface area contributed by atoms with Crippen molar-refractivity contribution in [3.8, 4) is 12.1 Å². The van der Waals surface area contributed by atoms with Crippen LogP contribution >= 0.6 is 0 Å². The molecule has 0 saturated heterocycles. The molecule has 0 aliphatic heterocycles. The molecule has 2 aliphatic carbocycles. The largest absolute Gasteiger partial charge is 0.458 e. The molecule has 0 amide bonds. The molecule has 1 aromatic rings. The minimum absolute atomic E-state index is 0.166. The SMILES string of the molecule is CC(=O)O[C@@H]1C[C@@H]2C=CC2c2c(C#N)ccc(C#N)c21. The van der Waals surface area contributed by atoms with E-state index in [0.29, 0.717) is 23.1 Å².